The maximum atomic E-state index is 12.4. The van der Waals surface area contributed by atoms with Crippen molar-refractivity contribution in [1.29, 1.82) is 0 Å². The highest BCUT2D eigenvalue weighted by Crippen LogP contribution is 2.24. The predicted octanol–water partition coefficient (Wildman–Crippen LogP) is 2.77. The molecule has 0 radical (unpaired) electrons. The molecule has 2 aromatic rings. The Morgan fingerprint density at radius 3 is 1.52 bits per heavy atom. The predicted molar refractivity (Wildman–Crippen MR) is 96.3 cm³/mol. The average Bonchev–Trinajstić information content (AvgIpc) is 3.21. The summed E-state index contributed by atoms with van der Waals surface area (Å²) < 4.78 is 20.6. The molecule has 0 saturated carbocycles. The molecule has 0 atom stereocenters. The first-order valence-corrected chi connectivity index (χ1v) is 8.64. The van der Waals surface area contributed by atoms with Crippen molar-refractivity contribution in [2.75, 3.05) is 13.2 Å². The number of carbonyl (C=O) groups is 2. The fourth-order valence-corrected chi connectivity index (χ4v) is 2.55. The number of benzene rings is 2. The zero-order chi connectivity index (χ0) is 19.0. The zero-order valence-corrected chi connectivity index (χ0v) is 14.7. The highest BCUT2D eigenvalue weighted by Gasteiger charge is 2.56. The summed E-state index contributed by atoms with van der Waals surface area (Å²) in [5.41, 5.74) is 2.02. The molecule has 0 spiro atoms. The van der Waals surface area contributed by atoms with Crippen LogP contribution in [-0.4, -0.2) is 30.9 Å². The maximum absolute atomic E-state index is 12.4. The van der Waals surface area contributed by atoms with Crippen molar-refractivity contribution in [1.82, 2.24) is 0 Å². The molecular weight excluding hydrogens is 348 g/mol. The van der Waals surface area contributed by atoms with Gasteiger partial charge in [0.1, 0.15) is 12.5 Å². The van der Waals surface area contributed by atoms with Crippen LogP contribution in [0.3, 0.4) is 0 Å². The zero-order valence-electron chi connectivity index (χ0n) is 14.7. The monoisotopic (exact) mass is 368 g/mol. The van der Waals surface area contributed by atoms with Crippen molar-refractivity contribution in [3.8, 4) is 0 Å². The molecule has 27 heavy (non-hydrogen) atoms. The van der Waals surface area contributed by atoms with Gasteiger partial charge in [-0.1, -0.05) is 60.7 Å². The second-order valence-corrected chi connectivity index (χ2v) is 5.87. The van der Waals surface area contributed by atoms with E-state index in [9.17, 15) is 9.59 Å². The standard InChI is InChI=1S/C21H20O6/c22-19(24-13-11-17-7-3-1-4-8-17)21(26-15-16-27-21)20(23)25-14-12-18-9-5-2-6-10-18/h1-10,15-16H,11-14H2. The van der Waals surface area contributed by atoms with E-state index in [0.29, 0.717) is 12.8 Å². The normalized spacial score (nSPS) is 14.1. The van der Waals surface area contributed by atoms with Crippen LogP contribution in [0.15, 0.2) is 73.2 Å². The number of ether oxygens (including phenoxy) is 4. The van der Waals surface area contributed by atoms with Gasteiger partial charge in [0, 0.05) is 12.8 Å². The van der Waals surface area contributed by atoms with Crippen LogP contribution < -0.4 is 0 Å². The van der Waals surface area contributed by atoms with E-state index in [2.05, 4.69) is 0 Å². The summed E-state index contributed by atoms with van der Waals surface area (Å²) in [6, 6.07) is 19.1. The Hall–Kier alpha value is -3.28. The van der Waals surface area contributed by atoms with Crippen LogP contribution in [0.1, 0.15) is 11.1 Å². The molecule has 0 N–H and O–H groups in total. The lowest BCUT2D eigenvalue weighted by Gasteiger charge is -2.23. The van der Waals surface area contributed by atoms with Crippen molar-refractivity contribution < 1.29 is 28.5 Å². The van der Waals surface area contributed by atoms with Crippen molar-refractivity contribution in [2.24, 2.45) is 0 Å². The van der Waals surface area contributed by atoms with Crippen LogP contribution >= 0.6 is 0 Å². The molecule has 1 heterocycles. The van der Waals surface area contributed by atoms with E-state index < -0.39 is 17.7 Å². The summed E-state index contributed by atoms with van der Waals surface area (Å²) in [6.07, 6.45) is 3.27. The highest BCUT2D eigenvalue weighted by molar-refractivity contribution is 6.02. The summed E-state index contributed by atoms with van der Waals surface area (Å²) in [5, 5.41) is 0. The van der Waals surface area contributed by atoms with Crippen LogP contribution in [0.2, 0.25) is 0 Å². The molecule has 1 aliphatic rings. The van der Waals surface area contributed by atoms with Gasteiger partial charge in [-0.2, -0.15) is 0 Å². The van der Waals surface area contributed by atoms with Gasteiger partial charge in [-0.25, -0.2) is 9.59 Å². The first-order valence-electron chi connectivity index (χ1n) is 8.64. The summed E-state index contributed by atoms with van der Waals surface area (Å²) >= 11 is 0. The van der Waals surface area contributed by atoms with Gasteiger partial charge in [-0.3, -0.25) is 0 Å². The van der Waals surface area contributed by atoms with Gasteiger partial charge in [-0.15, -0.1) is 0 Å². The molecule has 0 aromatic heterocycles. The van der Waals surface area contributed by atoms with Crippen LogP contribution in [0.25, 0.3) is 0 Å². The second kappa shape index (κ2) is 8.89. The largest absolute Gasteiger partial charge is 0.459 e. The topological polar surface area (TPSA) is 71.1 Å². The third kappa shape index (κ3) is 4.67. The lowest BCUT2D eigenvalue weighted by molar-refractivity contribution is -0.217. The van der Waals surface area contributed by atoms with Crippen molar-refractivity contribution >= 4 is 11.9 Å². The first kappa shape index (κ1) is 18.5. The third-order valence-corrected chi connectivity index (χ3v) is 3.99. The van der Waals surface area contributed by atoms with Crippen molar-refractivity contribution in [2.45, 2.75) is 18.6 Å². The van der Waals surface area contributed by atoms with Crippen molar-refractivity contribution in [3.05, 3.63) is 84.3 Å². The first-order chi connectivity index (χ1) is 13.2. The quantitative estimate of drug-likeness (QED) is 0.527. The Morgan fingerprint density at radius 2 is 1.11 bits per heavy atom. The van der Waals surface area contributed by atoms with Crippen LogP contribution in [-0.2, 0) is 41.4 Å². The van der Waals surface area contributed by atoms with Gasteiger partial charge >= 0.3 is 17.7 Å². The van der Waals surface area contributed by atoms with E-state index >= 15 is 0 Å². The Balaban J connectivity index is 1.52. The molecule has 3 rings (SSSR count). The molecule has 2 aromatic carbocycles. The van der Waals surface area contributed by atoms with Gasteiger partial charge in [0.15, 0.2) is 0 Å². The lowest BCUT2D eigenvalue weighted by atomic mass is 10.2. The summed E-state index contributed by atoms with van der Waals surface area (Å²) in [5.74, 6) is -4.10. The SMILES string of the molecule is O=C(OCCc1ccccc1)C1(C(=O)OCCc2ccccc2)OC=CO1. The molecular formula is C21H20O6. The molecule has 1 aliphatic heterocycles. The fourth-order valence-electron chi connectivity index (χ4n) is 2.55. The summed E-state index contributed by atoms with van der Waals surface area (Å²) in [4.78, 5) is 24.8. The lowest BCUT2D eigenvalue weighted by Crippen LogP contribution is -2.50. The van der Waals surface area contributed by atoms with E-state index in [4.69, 9.17) is 18.9 Å². The number of hydrogen-bond donors (Lipinski definition) is 0. The summed E-state index contributed by atoms with van der Waals surface area (Å²) in [7, 11) is 0. The smallest absolute Gasteiger partial charge is 0.452 e. The molecule has 6 nitrogen and oxygen atoms in total. The van der Waals surface area contributed by atoms with Crippen LogP contribution in [0.4, 0.5) is 0 Å². The summed E-state index contributed by atoms with van der Waals surface area (Å²) in [6.45, 7) is 0.184. The minimum Gasteiger partial charge on any atom is -0.459 e. The van der Waals surface area contributed by atoms with Gasteiger partial charge in [0.2, 0.25) is 0 Å². The fraction of sp³-hybridized carbons (Fsp3) is 0.238. The van der Waals surface area contributed by atoms with Crippen LogP contribution in [0.5, 0.6) is 0 Å². The second-order valence-electron chi connectivity index (χ2n) is 5.87. The molecule has 6 heteroatoms. The number of carbonyl (C=O) groups excluding carboxylic acids is 2. The van der Waals surface area contributed by atoms with Gasteiger partial charge < -0.3 is 18.9 Å². The van der Waals surface area contributed by atoms with E-state index in [1.165, 1.54) is 0 Å². The third-order valence-electron chi connectivity index (χ3n) is 3.99. The minimum atomic E-state index is -2.23. The molecule has 0 unspecified atom stereocenters. The van der Waals surface area contributed by atoms with E-state index in [-0.39, 0.29) is 13.2 Å². The molecule has 140 valence electrons. The molecule has 0 bridgehead atoms. The van der Waals surface area contributed by atoms with Gasteiger partial charge in [0.25, 0.3) is 0 Å². The van der Waals surface area contributed by atoms with Gasteiger partial charge in [-0.05, 0) is 11.1 Å². The van der Waals surface area contributed by atoms with Crippen LogP contribution in [0, 0.1) is 0 Å². The van der Waals surface area contributed by atoms with E-state index in [0.717, 1.165) is 23.7 Å². The minimum absolute atomic E-state index is 0.0919. The van der Waals surface area contributed by atoms with Gasteiger partial charge in [0.05, 0.1) is 13.2 Å². The highest BCUT2D eigenvalue weighted by atomic mass is 16.8. The average molecular weight is 368 g/mol. The van der Waals surface area contributed by atoms with Crippen molar-refractivity contribution in [3.63, 3.8) is 0 Å². The number of hydrogen-bond acceptors (Lipinski definition) is 6. The molecule has 0 aliphatic carbocycles. The Labute approximate surface area is 157 Å². The Bertz CT molecular complexity index is 717. The van der Waals surface area contributed by atoms with E-state index in [1.54, 1.807) is 0 Å². The number of rotatable bonds is 8. The molecule has 0 amide bonds. The van der Waals surface area contributed by atoms with E-state index in [1.807, 2.05) is 60.7 Å². The molecule has 0 fully saturated rings. The maximum Gasteiger partial charge on any atom is 0.452 e. The number of esters is 2. The Morgan fingerprint density at radius 1 is 0.704 bits per heavy atom. The molecule has 0 saturated heterocycles. The Kier molecular flexibility index (Phi) is 6.10.